The van der Waals surface area contributed by atoms with Crippen LogP contribution in [0.1, 0.15) is 31.4 Å². The molecule has 1 atom stereocenters. The van der Waals surface area contributed by atoms with Crippen molar-refractivity contribution in [1.29, 1.82) is 0 Å². The zero-order valence-corrected chi connectivity index (χ0v) is 11.3. The Labute approximate surface area is 113 Å². The van der Waals surface area contributed by atoms with Crippen LogP contribution in [-0.4, -0.2) is 29.7 Å². The van der Waals surface area contributed by atoms with Crippen molar-refractivity contribution in [3.05, 3.63) is 23.2 Å². The summed E-state index contributed by atoms with van der Waals surface area (Å²) in [5.41, 5.74) is 0.842. The van der Waals surface area contributed by atoms with Crippen molar-refractivity contribution in [3.63, 3.8) is 0 Å². The van der Waals surface area contributed by atoms with Gasteiger partial charge in [-0.1, -0.05) is 0 Å². The first-order valence-corrected chi connectivity index (χ1v) is 6.98. The van der Waals surface area contributed by atoms with Crippen LogP contribution < -0.4 is 5.32 Å². The minimum atomic E-state index is 0.282. The largest absolute Gasteiger partial charge is 0.375 e. The highest BCUT2D eigenvalue weighted by Gasteiger charge is 2.11. The Bertz CT molecular complexity index is 356. The molecule has 4 nitrogen and oxygen atoms in total. The summed E-state index contributed by atoms with van der Waals surface area (Å²) in [7, 11) is 0. The highest BCUT2D eigenvalue weighted by molar-refractivity contribution is 6.28. The molecule has 1 aliphatic heterocycles. The van der Waals surface area contributed by atoms with Crippen LogP contribution in [0, 0.1) is 5.92 Å². The predicted octanol–water partition coefficient (Wildman–Crippen LogP) is 2.43. The van der Waals surface area contributed by atoms with Crippen LogP contribution in [0.4, 0.5) is 0 Å². The van der Waals surface area contributed by atoms with Crippen LogP contribution in [0.5, 0.6) is 0 Å². The second-order valence-corrected chi connectivity index (χ2v) is 5.06. The molecule has 1 aromatic rings. The molecular formula is C13H20ClN3O. The molecule has 1 aliphatic rings. The van der Waals surface area contributed by atoms with Gasteiger partial charge >= 0.3 is 0 Å². The van der Waals surface area contributed by atoms with Crippen molar-refractivity contribution >= 4 is 11.6 Å². The Morgan fingerprint density at radius 3 is 3.22 bits per heavy atom. The molecule has 0 unspecified atom stereocenters. The molecule has 2 rings (SSSR count). The molecule has 0 aliphatic carbocycles. The topological polar surface area (TPSA) is 47.0 Å². The molecule has 1 saturated heterocycles. The third-order valence-corrected chi connectivity index (χ3v) is 3.42. The fraction of sp³-hybridized carbons (Fsp3) is 0.692. The molecule has 1 fully saturated rings. The van der Waals surface area contributed by atoms with E-state index in [9.17, 15) is 0 Å². The van der Waals surface area contributed by atoms with Gasteiger partial charge in [0.15, 0.2) is 0 Å². The van der Waals surface area contributed by atoms with Crippen LogP contribution in [0.3, 0.4) is 0 Å². The lowest BCUT2D eigenvalue weighted by atomic mass is 9.95. The molecule has 0 saturated carbocycles. The fourth-order valence-electron chi connectivity index (χ4n) is 2.27. The average Bonchev–Trinajstić information content (AvgIpc) is 2.40. The maximum atomic E-state index is 5.70. The van der Waals surface area contributed by atoms with Crippen molar-refractivity contribution < 1.29 is 4.74 Å². The number of nitrogens with zero attached hydrogens (tertiary/aromatic N) is 2. The first-order chi connectivity index (χ1) is 8.84. The average molecular weight is 270 g/mol. The first-order valence-electron chi connectivity index (χ1n) is 6.60. The van der Waals surface area contributed by atoms with Gasteiger partial charge in [-0.15, -0.1) is 0 Å². The van der Waals surface area contributed by atoms with E-state index in [4.69, 9.17) is 16.3 Å². The SMILES string of the molecule is Clc1nccc(COCCC[C@@H]2CCCNC2)n1. The van der Waals surface area contributed by atoms with Gasteiger partial charge in [0, 0.05) is 12.8 Å². The number of nitrogens with one attached hydrogen (secondary N) is 1. The smallest absolute Gasteiger partial charge is 0.222 e. The van der Waals surface area contributed by atoms with Crippen LogP contribution in [0.2, 0.25) is 5.28 Å². The number of halogens is 1. The van der Waals surface area contributed by atoms with E-state index in [0.29, 0.717) is 6.61 Å². The van der Waals surface area contributed by atoms with E-state index in [1.165, 1.54) is 32.4 Å². The van der Waals surface area contributed by atoms with Crippen molar-refractivity contribution in [2.45, 2.75) is 32.3 Å². The Morgan fingerprint density at radius 1 is 1.50 bits per heavy atom. The van der Waals surface area contributed by atoms with Crippen LogP contribution in [-0.2, 0) is 11.3 Å². The normalized spacial score (nSPS) is 19.9. The lowest BCUT2D eigenvalue weighted by Crippen LogP contribution is -2.29. The highest BCUT2D eigenvalue weighted by atomic mass is 35.5. The number of ether oxygens (including phenoxy) is 1. The summed E-state index contributed by atoms with van der Waals surface area (Å²) in [5, 5.41) is 3.72. The third-order valence-electron chi connectivity index (χ3n) is 3.23. The zero-order chi connectivity index (χ0) is 12.6. The number of aromatic nitrogens is 2. The van der Waals surface area contributed by atoms with Crippen LogP contribution >= 0.6 is 11.6 Å². The summed E-state index contributed by atoms with van der Waals surface area (Å²) >= 11 is 5.70. The monoisotopic (exact) mass is 269 g/mol. The van der Waals surface area contributed by atoms with Gasteiger partial charge in [0.1, 0.15) is 0 Å². The molecule has 0 radical (unpaired) electrons. The van der Waals surface area contributed by atoms with Crippen LogP contribution in [0.25, 0.3) is 0 Å². The number of piperidine rings is 1. The Hall–Kier alpha value is -0.710. The molecule has 0 bridgehead atoms. The molecular weight excluding hydrogens is 250 g/mol. The summed E-state index contributed by atoms with van der Waals surface area (Å²) in [6.45, 7) is 3.66. The van der Waals surface area contributed by atoms with Gasteiger partial charge in [-0.25, -0.2) is 9.97 Å². The van der Waals surface area contributed by atoms with Crippen molar-refractivity contribution in [3.8, 4) is 0 Å². The van der Waals surface area contributed by atoms with Gasteiger partial charge in [0.05, 0.1) is 12.3 Å². The molecule has 0 aromatic carbocycles. The van der Waals surface area contributed by atoms with Gasteiger partial charge in [0.2, 0.25) is 5.28 Å². The second kappa shape index (κ2) is 7.67. The summed E-state index contributed by atoms with van der Waals surface area (Å²) in [6.07, 6.45) is 6.68. The van der Waals surface area contributed by atoms with Crippen molar-refractivity contribution in [1.82, 2.24) is 15.3 Å². The second-order valence-electron chi connectivity index (χ2n) is 4.72. The first kappa shape index (κ1) is 13.7. The molecule has 1 N–H and O–H groups in total. The van der Waals surface area contributed by atoms with Gasteiger partial charge in [-0.05, 0) is 62.4 Å². The Balaban J connectivity index is 1.55. The van der Waals surface area contributed by atoms with E-state index in [0.717, 1.165) is 24.6 Å². The third kappa shape index (κ3) is 4.88. The van der Waals surface area contributed by atoms with Crippen molar-refractivity contribution in [2.75, 3.05) is 19.7 Å². The molecule has 100 valence electrons. The van der Waals surface area contributed by atoms with E-state index < -0.39 is 0 Å². The number of hydrogen-bond acceptors (Lipinski definition) is 4. The molecule has 0 amide bonds. The molecule has 1 aromatic heterocycles. The fourth-order valence-corrected chi connectivity index (χ4v) is 2.44. The van der Waals surface area contributed by atoms with E-state index in [1.54, 1.807) is 6.20 Å². The quantitative estimate of drug-likeness (QED) is 0.636. The maximum absolute atomic E-state index is 5.70. The van der Waals surface area contributed by atoms with Gasteiger partial charge < -0.3 is 10.1 Å². The minimum absolute atomic E-state index is 0.282. The van der Waals surface area contributed by atoms with Gasteiger partial charge in [0.25, 0.3) is 0 Å². The standard InChI is InChI=1S/C13H20ClN3O/c14-13-16-7-5-12(17-13)10-18-8-2-4-11-3-1-6-15-9-11/h5,7,11,15H,1-4,6,8-10H2/t11-/m0/s1. The highest BCUT2D eigenvalue weighted by Crippen LogP contribution is 2.15. The Morgan fingerprint density at radius 2 is 2.44 bits per heavy atom. The molecule has 0 spiro atoms. The Kier molecular flexibility index (Phi) is 5.84. The lowest BCUT2D eigenvalue weighted by molar-refractivity contribution is 0.110. The maximum Gasteiger partial charge on any atom is 0.222 e. The predicted molar refractivity (Wildman–Crippen MR) is 71.5 cm³/mol. The van der Waals surface area contributed by atoms with E-state index in [2.05, 4.69) is 15.3 Å². The molecule has 18 heavy (non-hydrogen) atoms. The van der Waals surface area contributed by atoms with Crippen LogP contribution in [0.15, 0.2) is 12.3 Å². The van der Waals surface area contributed by atoms with E-state index in [-0.39, 0.29) is 5.28 Å². The summed E-state index contributed by atoms with van der Waals surface area (Å²) in [4.78, 5) is 7.92. The lowest BCUT2D eigenvalue weighted by Gasteiger charge is -2.22. The van der Waals surface area contributed by atoms with E-state index in [1.807, 2.05) is 6.07 Å². The van der Waals surface area contributed by atoms with Gasteiger partial charge in [-0.2, -0.15) is 0 Å². The number of rotatable bonds is 6. The molecule has 2 heterocycles. The van der Waals surface area contributed by atoms with Crippen molar-refractivity contribution in [2.24, 2.45) is 5.92 Å². The van der Waals surface area contributed by atoms with E-state index >= 15 is 0 Å². The number of hydrogen-bond donors (Lipinski definition) is 1. The zero-order valence-electron chi connectivity index (χ0n) is 10.6. The summed E-state index contributed by atoms with van der Waals surface area (Å²) in [5.74, 6) is 0.829. The summed E-state index contributed by atoms with van der Waals surface area (Å²) in [6, 6.07) is 1.83. The molecule has 5 heteroatoms. The summed E-state index contributed by atoms with van der Waals surface area (Å²) < 4.78 is 5.60. The minimum Gasteiger partial charge on any atom is -0.375 e. The van der Waals surface area contributed by atoms with Gasteiger partial charge in [-0.3, -0.25) is 0 Å².